The van der Waals surface area contributed by atoms with Crippen LogP contribution in [0.15, 0.2) is 58.3 Å². The Balaban J connectivity index is 1.23. The summed E-state index contributed by atoms with van der Waals surface area (Å²) in [5, 5.41) is 5.21. The van der Waals surface area contributed by atoms with Gasteiger partial charge in [0.15, 0.2) is 16.6 Å². The lowest BCUT2D eigenvalue weighted by molar-refractivity contribution is 0.102. The second-order valence-electron chi connectivity index (χ2n) is 7.21. The number of rotatable bonds is 7. The summed E-state index contributed by atoms with van der Waals surface area (Å²) in [7, 11) is 1.61. The molecule has 0 fully saturated rings. The second-order valence-corrected chi connectivity index (χ2v) is 8.06. The maximum absolute atomic E-state index is 12.8. The average Bonchev–Trinajstić information content (AvgIpc) is 3.57. The molecule has 0 saturated carbocycles. The highest BCUT2D eigenvalue weighted by atomic mass is 32.1. The summed E-state index contributed by atoms with van der Waals surface area (Å²) in [6, 6.07) is 14.5. The number of carbonyl (C=O) groups excluding carboxylic acids is 1. The Morgan fingerprint density at radius 3 is 2.70 bits per heavy atom. The summed E-state index contributed by atoms with van der Waals surface area (Å²) >= 11 is 1.34. The van der Waals surface area contributed by atoms with Crippen molar-refractivity contribution in [2.75, 3.05) is 19.2 Å². The molecule has 0 unspecified atom stereocenters. The van der Waals surface area contributed by atoms with Crippen LogP contribution in [0, 0.1) is 6.92 Å². The van der Waals surface area contributed by atoms with Crippen LogP contribution in [0.25, 0.3) is 11.3 Å². The van der Waals surface area contributed by atoms with E-state index in [0.717, 1.165) is 17.0 Å². The number of carbonyl (C=O) groups is 1. The minimum absolute atomic E-state index is 0.200. The van der Waals surface area contributed by atoms with Crippen molar-refractivity contribution in [2.24, 2.45) is 0 Å². The third-order valence-electron chi connectivity index (χ3n) is 5.05. The number of methoxy groups -OCH3 is 1. The van der Waals surface area contributed by atoms with Gasteiger partial charge < -0.3 is 23.4 Å². The number of amides is 1. The molecular formula is C24H20N2O6S. The van der Waals surface area contributed by atoms with Crippen LogP contribution in [0.1, 0.15) is 21.9 Å². The smallest absolute Gasteiger partial charge is 0.260 e. The Morgan fingerprint density at radius 1 is 1.09 bits per heavy atom. The summed E-state index contributed by atoms with van der Waals surface area (Å²) in [4.78, 5) is 17.3. The van der Waals surface area contributed by atoms with Crippen LogP contribution in [0.4, 0.5) is 5.13 Å². The molecule has 0 atom stereocenters. The van der Waals surface area contributed by atoms with E-state index in [1.807, 2.05) is 47.8 Å². The van der Waals surface area contributed by atoms with E-state index in [1.165, 1.54) is 11.3 Å². The maximum Gasteiger partial charge on any atom is 0.260 e. The maximum atomic E-state index is 12.8. The molecule has 2 aromatic carbocycles. The molecule has 1 amide bonds. The number of fused-ring (bicyclic) bond motifs is 1. The van der Waals surface area contributed by atoms with Gasteiger partial charge in [-0.25, -0.2) is 4.98 Å². The van der Waals surface area contributed by atoms with Crippen molar-refractivity contribution >= 4 is 22.4 Å². The SMILES string of the molecule is COc1ccc(OCc2cc(C(=O)Nc3nc(-c4ccc5c(c4)OCO5)cs3)c(C)o2)cc1. The van der Waals surface area contributed by atoms with E-state index in [4.69, 9.17) is 23.4 Å². The highest BCUT2D eigenvalue weighted by Crippen LogP contribution is 2.36. The first-order valence-corrected chi connectivity index (χ1v) is 11.0. The zero-order valence-corrected chi connectivity index (χ0v) is 18.7. The van der Waals surface area contributed by atoms with E-state index in [2.05, 4.69) is 10.3 Å². The van der Waals surface area contributed by atoms with Crippen molar-refractivity contribution < 1.29 is 28.2 Å². The van der Waals surface area contributed by atoms with Gasteiger partial charge in [-0.2, -0.15) is 0 Å². The van der Waals surface area contributed by atoms with E-state index >= 15 is 0 Å². The first kappa shape index (κ1) is 20.9. The van der Waals surface area contributed by atoms with E-state index < -0.39 is 0 Å². The number of furan rings is 1. The van der Waals surface area contributed by atoms with Gasteiger partial charge in [-0.1, -0.05) is 0 Å². The molecule has 1 aliphatic heterocycles. The first-order chi connectivity index (χ1) is 16.1. The zero-order chi connectivity index (χ0) is 22.8. The quantitative estimate of drug-likeness (QED) is 0.398. The monoisotopic (exact) mass is 464 g/mol. The molecule has 2 aromatic heterocycles. The minimum Gasteiger partial charge on any atom is -0.497 e. The fourth-order valence-electron chi connectivity index (χ4n) is 3.35. The third-order valence-corrected chi connectivity index (χ3v) is 5.80. The van der Waals surface area contributed by atoms with Gasteiger partial charge in [-0.3, -0.25) is 10.1 Å². The van der Waals surface area contributed by atoms with Gasteiger partial charge in [-0.05, 0) is 55.5 Å². The van der Waals surface area contributed by atoms with Gasteiger partial charge >= 0.3 is 0 Å². The van der Waals surface area contributed by atoms with Gasteiger partial charge in [0.05, 0.1) is 18.4 Å². The summed E-state index contributed by atoms with van der Waals surface area (Å²) in [6.07, 6.45) is 0. The van der Waals surface area contributed by atoms with Crippen LogP contribution in [-0.2, 0) is 6.61 Å². The van der Waals surface area contributed by atoms with Crippen LogP contribution in [0.2, 0.25) is 0 Å². The number of ether oxygens (including phenoxy) is 4. The number of aromatic nitrogens is 1. The molecule has 1 aliphatic rings. The highest BCUT2D eigenvalue weighted by molar-refractivity contribution is 7.14. The van der Waals surface area contributed by atoms with Crippen molar-refractivity contribution in [1.29, 1.82) is 0 Å². The Labute approximate surface area is 193 Å². The number of benzene rings is 2. The number of hydrogen-bond donors (Lipinski definition) is 1. The molecule has 4 aromatic rings. The lowest BCUT2D eigenvalue weighted by Gasteiger charge is -2.05. The van der Waals surface area contributed by atoms with Crippen LogP contribution in [0.5, 0.6) is 23.0 Å². The molecular weight excluding hydrogens is 444 g/mol. The number of hydrogen-bond acceptors (Lipinski definition) is 8. The third kappa shape index (κ3) is 4.49. The molecule has 0 saturated heterocycles. The number of thiazole rings is 1. The Morgan fingerprint density at radius 2 is 1.88 bits per heavy atom. The molecule has 0 aliphatic carbocycles. The van der Waals surface area contributed by atoms with Crippen molar-refractivity contribution in [3.63, 3.8) is 0 Å². The topological polar surface area (TPSA) is 92.1 Å². The van der Waals surface area contributed by atoms with E-state index in [1.54, 1.807) is 20.1 Å². The molecule has 33 heavy (non-hydrogen) atoms. The normalized spacial score (nSPS) is 11.9. The van der Waals surface area contributed by atoms with Crippen molar-refractivity contribution in [1.82, 2.24) is 4.98 Å². The molecule has 5 rings (SSSR count). The predicted molar refractivity (Wildman–Crippen MR) is 122 cm³/mol. The second kappa shape index (κ2) is 8.87. The molecule has 0 spiro atoms. The standard InChI is InChI=1S/C24H20N2O6S/c1-14-19(10-18(32-14)11-29-17-6-4-16(28-2)5-7-17)23(27)26-24-25-20(12-33-24)15-3-8-21-22(9-15)31-13-30-21/h3-10,12H,11,13H2,1-2H3,(H,25,26,27). The van der Waals surface area contributed by atoms with Crippen LogP contribution < -0.4 is 24.3 Å². The van der Waals surface area contributed by atoms with Crippen LogP contribution in [-0.4, -0.2) is 24.8 Å². The fraction of sp³-hybridized carbons (Fsp3) is 0.167. The number of aryl methyl sites for hydroxylation is 1. The van der Waals surface area contributed by atoms with Gasteiger partial charge in [0.25, 0.3) is 5.91 Å². The number of anilines is 1. The highest BCUT2D eigenvalue weighted by Gasteiger charge is 2.18. The summed E-state index contributed by atoms with van der Waals surface area (Å²) in [5.41, 5.74) is 2.06. The van der Waals surface area contributed by atoms with Gasteiger partial charge in [-0.15, -0.1) is 11.3 Å². The van der Waals surface area contributed by atoms with Crippen LogP contribution >= 0.6 is 11.3 Å². The molecule has 3 heterocycles. The predicted octanol–water partition coefficient (Wildman–Crippen LogP) is 5.28. The van der Waals surface area contributed by atoms with Gasteiger partial charge in [0.2, 0.25) is 6.79 Å². The van der Waals surface area contributed by atoms with E-state index in [9.17, 15) is 4.79 Å². The molecule has 1 N–H and O–H groups in total. The van der Waals surface area contributed by atoms with Gasteiger partial charge in [0.1, 0.15) is 29.6 Å². The Kier molecular flexibility index (Phi) is 5.62. The molecule has 9 heteroatoms. The zero-order valence-electron chi connectivity index (χ0n) is 17.9. The molecule has 0 radical (unpaired) electrons. The van der Waals surface area contributed by atoms with E-state index in [-0.39, 0.29) is 19.3 Å². The Hall–Kier alpha value is -3.98. The van der Waals surface area contributed by atoms with Crippen LogP contribution in [0.3, 0.4) is 0 Å². The van der Waals surface area contributed by atoms with Gasteiger partial charge in [0, 0.05) is 10.9 Å². The van der Waals surface area contributed by atoms with E-state index in [0.29, 0.717) is 39.5 Å². The number of nitrogens with zero attached hydrogens (tertiary/aromatic N) is 1. The van der Waals surface area contributed by atoms with Crippen molar-refractivity contribution in [3.05, 3.63) is 71.0 Å². The largest absolute Gasteiger partial charge is 0.497 e. The first-order valence-electron chi connectivity index (χ1n) is 10.1. The lowest BCUT2D eigenvalue weighted by atomic mass is 10.1. The summed E-state index contributed by atoms with van der Waals surface area (Å²) in [5.74, 6) is 3.59. The summed E-state index contributed by atoms with van der Waals surface area (Å²) < 4.78 is 27.3. The van der Waals surface area contributed by atoms with Crippen molar-refractivity contribution in [3.8, 4) is 34.3 Å². The summed E-state index contributed by atoms with van der Waals surface area (Å²) in [6.45, 7) is 2.16. The minimum atomic E-state index is -0.293. The lowest BCUT2D eigenvalue weighted by Crippen LogP contribution is -2.11. The number of nitrogens with one attached hydrogen (secondary N) is 1. The molecule has 8 nitrogen and oxygen atoms in total. The van der Waals surface area contributed by atoms with Crippen molar-refractivity contribution in [2.45, 2.75) is 13.5 Å². The average molecular weight is 464 g/mol. The molecule has 0 bridgehead atoms. The fourth-order valence-corrected chi connectivity index (χ4v) is 4.07. The molecule has 168 valence electrons. The Bertz CT molecular complexity index is 1290.